The second-order valence-corrected chi connectivity index (χ2v) is 9.65. The number of hydrogen-bond donors (Lipinski definition) is 1. The Kier molecular flexibility index (Phi) is 6.91. The number of carbonyl (C=O) groups is 1. The van der Waals surface area contributed by atoms with Gasteiger partial charge in [0.25, 0.3) is 5.91 Å². The Balaban J connectivity index is 1.12. The van der Waals surface area contributed by atoms with E-state index in [1.54, 1.807) is 0 Å². The van der Waals surface area contributed by atoms with E-state index in [1.807, 2.05) is 29.3 Å². The van der Waals surface area contributed by atoms with Gasteiger partial charge in [0.05, 0.1) is 0 Å². The molecule has 1 aromatic heterocycles. The summed E-state index contributed by atoms with van der Waals surface area (Å²) in [5.74, 6) is 0.130. The largest absolute Gasteiger partial charge is 0.371 e. The molecule has 3 aromatic rings. The predicted octanol–water partition coefficient (Wildman–Crippen LogP) is 4.47. The van der Waals surface area contributed by atoms with Gasteiger partial charge in [0.2, 0.25) is 0 Å². The van der Waals surface area contributed by atoms with Crippen molar-refractivity contribution in [3.05, 3.63) is 95.3 Å². The summed E-state index contributed by atoms with van der Waals surface area (Å²) in [4.78, 5) is 21.9. The maximum Gasteiger partial charge on any atom is 0.254 e. The summed E-state index contributed by atoms with van der Waals surface area (Å²) in [6.07, 6.45) is 6.01. The first-order valence-corrected chi connectivity index (χ1v) is 12.5. The molecule has 2 aliphatic rings. The molecular weight excluding hydrogens is 420 g/mol. The van der Waals surface area contributed by atoms with Crippen LogP contribution in [0.3, 0.4) is 0 Å². The average Bonchev–Trinajstić information content (AvgIpc) is 2.89. The van der Waals surface area contributed by atoms with Crippen molar-refractivity contribution < 1.29 is 4.79 Å². The molecule has 1 atom stereocenters. The number of piperidine rings is 1. The van der Waals surface area contributed by atoms with Gasteiger partial charge in [-0.2, -0.15) is 0 Å². The van der Waals surface area contributed by atoms with E-state index in [0.717, 1.165) is 56.6 Å². The van der Waals surface area contributed by atoms with Crippen LogP contribution in [0.2, 0.25) is 0 Å². The van der Waals surface area contributed by atoms with Gasteiger partial charge >= 0.3 is 0 Å². The molecular formula is C29H34N4O. The van der Waals surface area contributed by atoms with Crippen molar-refractivity contribution in [3.8, 4) is 0 Å². The maximum atomic E-state index is 13.1. The Morgan fingerprint density at radius 2 is 1.71 bits per heavy atom. The van der Waals surface area contributed by atoms with Crippen LogP contribution < -0.4 is 10.2 Å². The Morgan fingerprint density at radius 3 is 2.44 bits per heavy atom. The van der Waals surface area contributed by atoms with Gasteiger partial charge in [0.15, 0.2) is 0 Å². The molecule has 0 radical (unpaired) electrons. The average molecular weight is 455 g/mol. The molecule has 1 N–H and O–H groups in total. The second-order valence-electron chi connectivity index (χ2n) is 9.65. The first-order chi connectivity index (χ1) is 16.7. The Labute approximate surface area is 202 Å². The highest BCUT2D eigenvalue weighted by Crippen LogP contribution is 2.24. The number of fused-ring (bicyclic) bond motifs is 1. The molecule has 176 valence electrons. The monoisotopic (exact) mass is 454 g/mol. The van der Waals surface area contributed by atoms with Gasteiger partial charge in [-0.05, 0) is 73.7 Å². The third-order valence-corrected chi connectivity index (χ3v) is 7.15. The second kappa shape index (κ2) is 10.4. The molecule has 5 rings (SSSR count). The highest BCUT2D eigenvalue weighted by molar-refractivity contribution is 5.94. The number of anilines is 1. The van der Waals surface area contributed by atoms with Crippen molar-refractivity contribution in [1.29, 1.82) is 0 Å². The van der Waals surface area contributed by atoms with Crippen molar-refractivity contribution >= 4 is 11.6 Å². The number of amides is 1. The molecule has 0 unspecified atom stereocenters. The summed E-state index contributed by atoms with van der Waals surface area (Å²) in [6.45, 7) is 5.80. The molecule has 5 heteroatoms. The zero-order valence-corrected chi connectivity index (χ0v) is 20.0. The molecule has 0 saturated carbocycles. The van der Waals surface area contributed by atoms with Crippen molar-refractivity contribution in [2.24, 2.45) is 0 Å². The molecule has 1 saturated heterocycles. The van der Waals surface area contributed by atoms with Crippen LogP contribution in [0.1, 0.15) is 46.9 Å². The SMILES string of the molecule is C[C@H](Cc1ccccn1)NC1CCN(c2ccc(C(=O)N3CCc4ccccc4C3)cc2)CC1. The van der Waals surface area contributed by atoms with E-state index < -0.39 is 0 Å². The molecule has 2 aliphatic heterocycles. The third-order valence-electron chi connectivity index (χ3n) is 7.15. The Morgan fingerprint density at radius 1 is 0.971 bits per heavy atom. The Hall–Kier alpha value is -3.18. The van der Waals surface area contributed by atoms with Crippen LogP contribution in [0.5, 0.6) is 0 Å². The molecule has 0 aliphatic carbocycles. The molecule has 34 heavy (non-hydrogen) atoms. The number of hydrogen-bond acceptors (Lipinski definition) is 4. The molecule has 0 spiro atoms. The van der Waals surface area contributed by atoms with E-state index in [-0.39, 0.29) is 5.91 Å². The summed E-state index contributed by atoms with van der Waals surface area (Å²) in [5, 5.41) is 3.79. The van der Waals surface area contributed by atoms with E-state index in [2.05, 4.69) is 70.7 Å². The minimum atomic E-state index is 0.130. The van der Waals surface area contributed by atoms with Gasteiger partial charge in [-0.1, -0.05) is 30.3 Å². The third kappa shape index (κ3) is 5.31. The number of pyridine rings is 1. The van der Waals surface area contributed by atoms with Crippen molar-refractivity contribution in [1.82, 2.24) is 15.2 Å². The van der Waals surface area contributed by atoms with E-state index in [0.29, 0.717) is 18.6 Å². The lowest BCUT2D eigenvalue weighted by molar-refractivity contribution is 0.0734. The van der Waals surface area contributed by atoms with Crippen LogP contribution in [0.25, 0.3) is 0 Å². The van der Waals surface area contributed by atoms with Crippen LogP contribution in [0.15, 0.2) is 72.9 Å². The summed E-state index contributed by atoms with van der Waals surface area (Å²) in [5.41, 5.74) is 5.77. The molecule has 2 aromatic carbocycles. The maximum absolute atomic E-state index is 13.1. The molecule has 1 amide bonds. The Bertz CT molecular complexity index is 1090. The summed E-state index contributed by atoms with van der Waals surface area (Å²) < 4.78 is 0. The number of aromatic nitrogens is 1. The van der Waals surface area contributed by atoms with Crippen LogP contribution >= 0.6 is 0 Å². The summed E-state index contributed by atoms with van der Waals surface area (Å²) in [7, 11) is 0. The van der Waals surface area contributed by atoms with Crippen molar-refractivity contribution in [3.63, 3.8) is 0 Å². The number of carbonyl (C=O) groups excluding carboxylic acids is 1. The fourth-order valence-electron chi connectivity index (χ4n) is 5.26. The van der Waals surface area contributed by atoms with E-state index in [9.17, 15) is 4.79 Å². The molecule has 5 nitrogen and oxygen atoms in total. The fraction of sp³-hybridized carbons (Fsp3) is 0.379. The number of rotatable bonds is 6. The lowest BCUT2D eigenvalue weighted by Crippen LogP contribution is -2.46. The van der Waals surface area contributed by atoms with Crippen molar-refractivity contribution in [2.75, 3.05) is 24.5 Å². The van der Waals surface area contributed by atoms with Crippen LogP contribution in [-0.4, -0.2) is 47.5 Å². The van der Waals surface area contributed by atoms with Gasteiger partial charge in [-0.25, -0.2) is 0 Å². The number of nitrogens with one attached hydrogen (secondary N) is 1. The van der Waals surface area contributed by atoms with Crippen LogP contribution in [0, 0.1) is 0 Å². The molecule has 0 bridgehead atoms. The van der Waals surface area contributed by atoms with Gasteiger partial charge < -0.3 is 15.1 Å². The van der Waals surface area contributed by atoms with E-state index in [1.165, 1.54) is 16.8 Å². The predicted molar refractivity (Wildman–Crippen MR) is 137 cm³/mol. The standard InChI is InChI=1S/C29H34N4O/c1-22(20-27-8-4-5-16-30-27)31-26-14-18-32(19-15-26)28-11-9-24(10-12-28)29(34)33-17-13-23-6-2-3-7-25(23)21-33/h2-12,16,22,26,31H,13-15,17-21H2,1H3/t22-/m1/s1. The van der Waals surface area contributed by atoms with Gasteiger partial charge in [-0.15, -0.1) is 0 Å². The van der Waals surface area contributed by atoms with E-state index in [4.69, 9.17) is 0 Å². The van der Waals surface area contributed by atoms with E-state index >= 15 is 0 Å². The highest BCUT2D eigenvalue weighted by Gasteiger charge is 2.23. The highest BCUT2D eigenvalue weighted by atomic mass is 16.2. The number of nitrogens with zero attached hydrogens (tertiary/aromatic N) is 3. The fourth-order valence-corrected chi connectivity index (χ4v) is 5.26. The molecule has 3 heterocycles. The normalized spacial score (nSPS) is 17.3. The lowest BCUT2D eigenvalue weighted by Gasteiger charge is -2.35. The topological polar surface area (TPSA) is 48.5 Å². The first-order valence-electron chi connectivity index (χ1n) is 12.5. The summed E-state index contributed by atoms with van der Waals surface area (Å²) >= 11 is 0. The quantitative estimate of drug-likeness (QED) is 0.597. The van der Waals surface area contributed by atoms with Gasteiger partial charge in [-0.3, -0.25) is 9.78 Å². The van der Waals surface area contributed by atoms with Crippen molar-refractivity contribution in [2.45, 2.75) is 51.2 Å². The van der Waals surface area contributed by atoms with Gasteiger partial charge in [0, 0.05) is 67.8 Å². The minimum Gasteiger partial charge on any atom is -0.371 e. The lowest BCUT2D eigenvalue weighted by atomic mass is 9.99. The number of benzene rings is 2. The van der Waals surface area contributed by atoms with Crippen LogP contribution in [-0.2, 0) is 19.4 Å². The first kappa shape index (κ1) is 22.6. The zero-order valence-electron chi connectivity index (χ0n) is 20.0. The summed E-state index contributed by atoms with van der Waals surface area (Å²) in [6, 6.07) is 23.7. The molecule has 1 fully saturated rings. The van der Waals surface area contributed by atoms with Gasteiger partial charge in [0.1, 0.15) is 0 Å². The minimum absolute atomic E-state index is 0.130. The zero-order chi connectivity index (χ0) is 23.3. The smallest absolute Gasteiger partial charge is 0.254 e. The van der Waals surface area contributed by atoms with Crippen LogP contribution in [0.4, 0.5) is 5.69 Å².